The fraction of sp³-hybridized carbons (Fsp3) is 1.00. The highest BCUT2D eigenvalue weighted by Crippen LogP contribution is 2.32. The average molecular weight is 268 g/mol. The molecular formula is C17H36N2. The molecule has 1 N–H and O–H groups in total. The lowest BCUT2D eigenvalue weighted by molar-refractivity contribution is 0.131. The number of rotatable bonds is 8. The minimum absolute atomic E-state index is 0.717. The zero-order valence-electron chi connectivity index (χ0n) is 13.9. The summed E-state index contributed by atoms with van der Waals surface area (Å²) >= 11 is 0. The van der Waals surface area contributed by atoms with Crippen molar-refractivity contribution in [3.8, 4) is 0 Å². The van der Waals surface area contributed by atoms with E-state index in [0.717, 1.165) is 17.9 Å². The summed E-state index contributed by atoms with van der Waals surface area (Å²) in [4.78, 5) is 2.57. The number of hydrogen-bond donors (Lipinski definition) is 1. The van der Waals surface area contributed by atoms with Crippen LogP contribution in [0, 0.1) is 11.8 Å². The Kier molecular flexibility index (Phi) is 8.01. The normalized spacial score (nSPS) is 29.7. The van der Waals surface area contributed by atoms with E-state index in [1.807, 2.05) is 0 Å². The van der Waals surface area contributed by atoms with Crippen LogP contribution in [0.4, 0.5) is 0 Å². The molecule has 1 rings (SSSR count). The first-order valence-corrected chi connectivity index (χ1v) is 8.55. The van der Waals surface area contributed by atoms with Crippen LogP contribution in [0.25, 0.3) is 0 Å². The molecule has 0 aromatic carbocycles. The average Bonchev–Trinajstić information content (AvgIpc) is 2.44. The van der Waals surface area contributed by atoms with E-state index in [9.17, 15) is 0 Å². The minimum atomic E-state index is 0.717. The highest BCUT2D eigenvalue weighted by atomic mass is 15.1. The number of nitrogens with one attached hydrogen (secondary N) is 1. The van der Waals surface area contributed by atoms with Gasteiger partial charge < -0.3 is 10.2 Å². The van der Waals surface area contributed by atoms with Crippen LogP contribution in [-0.2, 0) is 0 Å². The standard InChI is InChI=1S/C17H36N2/c1-6-11-18-17-10-9-15(8-3)12-16(17)13-19(5)14(4)7-2/h14-18H,6-13H2,1-5H3. The van der Waals surface area contributed by atoms with E-state index < -0.39 is 0 Å². The fourth-order valence-corrected chi connectivity index (χ4v) is 3.39. The van der Waals surface area contributed by atoms with Crippen molar-refractivity contribution < 1.29 is 0 Å². The predicted octanol–water partition coefficient (Wildman–Crippen LogP) is 3.91. The molecule has 0 radical (unpaired) electrons. The maximum absolute atomic E-state index is 3.80. The largest absolute Gasteiger partial charge is 0.314 e. The highest BCUT2D eigenvalue weighted by Gasteiger charge is 2.30. The van der Waals surface area contributed by atoms with Crippen LogP contribution in [0.1, 0.15) is 66.2 Å². The summed E-state index contributed by atoms with van der Waals surface area (Å²) in [7, 11) is 2.31. The van der Waals surface area contributed by atoms with Gasteiger partial charge in [-0.2, -0.15) is 0 Å². The van der Waals surface area contributed by atoms with E-state index in [1.54, 1.807) is 0 Å². The second-order valence-electron chi connectivity index (χ2n) is 6.60. The first kappa shape index (κ1) is 17.0. The number of nitrogens with zero attached hydrogens (tertiary/aromatic N) is 1. The van der Waals surface area contributed by atoms with Gasteiger partial charge in [-0.05, 0) is 64.5 Å². The van der Waals surface area contributed by atoms with Crippen molar-refractivity contribution >= 4 is 0 Å². The molecule has 0 spiro atoms. The Labute approximate surface area is 121 Å². The number of hydrogen-bond acceptors (Lipinski definition) is 2. The summed E-state index contributed by atoms with van der Waals surface area (Å²) in [6.45, 7) is 11.7. The monoisotopic (exact) mass is 268 g/mol. The Bertz CT molecular complexity index is 229. The molecule has 114 valence electrons. The summed E-state index contributed by atoms with van der Waals surface area (Å²) in [6, 6.07) is 1.48. The SMILES string of the molecule is CCCNC1CCC(CC)CC1CN(C)C(C)CC. The minimum Gasteiger partial charge on any atom is -0.314 e. The Balaban J connectivity index is 2.54. The quantitative estimate of drug-likeness (QED) is 0.718. The maximum atomic E-state index is 3.80. The maximum Gasteiger partial charge on any atom is 0.0108 e. The van der Waals surface area contributed by atoms with Gasteiger partial charge in [0.2, 0.25) is 0 Å². The van der Waals surface area contributed by atoms with E-state index in [4.69, 9.17) is 0 Å². The Morgan fingerprint density at radius 3 is 2.53 bits per heavy atom. The van der Waals surface area contributed by atoms with Crippen LogP contribution in [0.5, 0.6) is 0 Å². The Morgan fingerprint density at radius 2 is 1.95 bits per heavy atom. The van der Waals surface area contributed by atoms with E-state index >= 15 is 0 Å². The Morgan fingerprint density at radius 1 is 1.21 bits per heavy atom. The van der Waals surface area contributed by atoms with Gasteiger partial charge in [-0.3, -0.25) is 0 Å². The lowest BCUT2D eigenvalue weighted by Crippen LogP contribution is -2.46. The molecule has 0 aliphatic heterocycles. The topological polar surface area (TPSA) is 15.3 Å². The predicted molar refractivity (Wildman–Crippen MR) is 85.6 cm³/mol. The van der Waals surface area contributed by atoms with Gasteiger partial charge in [-0.1, -0.05) is 27.2 Å². The zero-order chi connectivity index (χ0) is 14.3. The molecule has 1 aliphatic rings. The molecule has 1 aliphatic carbocycles. The second-order valence-corrected chi connectivity index (χ2v) is 6.60. The third kappa shape index (κ3) is 5.43. The van der Waals surface area contributed by atoms with Crippen LogP contribution >= 0.6 is 0 Å². The van der Waals surface area contributed by atoms with Crippen LogP contribution < -0.4 is 5.32 Å². The molecular weight excluding hydrogens is 232 g/mol. The van der Waals surface area contributed by atoms with Gasteiger partial charge in [0, 0.05) is 18.6 Å². The van der Waals surface area contributed by atoms with Crippen molar-refractivity contribution in [3.63, 3.8) is 0 Å². The van der Waals surface area contributed by atoms with Gasteiger partial charge in [0.15, 0.2) is 0 Å². The molecule has 1 saturated carbocycles. The molecule has 0 saturated heterocycles. The lowest BCUT2D eigenvalue weighted by Gasteiger charge is -2.39. The molecule has 2 nitrogen and oxygen atoms in total. The molecule has 4 atom stereocenters. The van der Waals surface area contributed by atoms with Gasteiger partial charge in [0.25, 0.3) is 0 Å². The summed E-state index contributed by atoms with van der Waals surface area (Å²) < 4.78 is 0. The van der Waals surface area contributed by atoms with Crippen LogP contribution in [-0.4, -0.2) is 37.1 Å². The van der Waals surface area contributed by atoms with E-state index in [0.29, 0.717) is 6.04 Å². The van der Waals surface area contributed by atoms with Crippen molar-refractivity contribution in [2.24, 2.45) is 11.8 Å². The first-order chi connectivity index (χ1) is 9.12. The summed E-state index contributed by atoms with van der Waals surface area (Å²) in [5.41, 5.74) is 0. The third-order valence-corrected chi connectivity index (χ3v) is 5.19. The van der Waals surface area contributed by atoms with E-state index in [-0.39, 0.29) is 0 Å². The zero-order valence-corrected chi connectivity index (χ0v) is 13.9. The van der Waals surface area contributed by atoms with Crippen LogP contribution in [0.2, 0.25) is 0 Å². The molecule has 0 amide bonds. The van der Waals surface area contributed by atoms with Gasteiger partial charge in [-0.15, -0.1) is 0 Å². The molecule has 1 fully saturated rings. The van der Waals surface area contributed by atoms with Crippen molar-refractivity contribution in [3.05, 3.63) is 0 Å². The van der Waals surface area contributed by atoms with Crippen molar-refractivity contribution in [1.82, 2.24) is 10.2 Å². The molecule has 0 aromatic heterocycles. The van der Waals surface area contributed by atoms with Crippen molar-refractivity contribution in [1.29, 1.82) is 0 Å². The summed E-state index contributed by atoms with van der Waals surface area (Å²) in [5.74, 6) is 1.82. The molecule has 0 aromatic rings. The van der Waals surface area contributed by atoms with Gasteiger partial charge in [0.1, 0.15) is 0 Å². The van der Waals surface area contributed by atoms with Crippen molar-refractivity contribution in [2.45, 2.75) is 78.3 Å². The summed E-state index contributed by atoms with van der Waals surface area (Å²) in [6.07, 6.45) is 8.12. The van der Waals surface area contributed by atoms with Crippen LogP contribution in [0.3, 0.4) is 0 Å². The highest BCUT2D eigenvalue weighted by molar-refractivity contribution is 4.86. The van der Waals surface area contributed by atoms with Crippen molar-refractivity contribution in [2.75, 3.05) is 20.1 Å². The lowest BCUT2D eigenvalue weighted by atomic mass is 9.76. The third-order valence-electron chi connectivity index (χ3n) is 5.19. The van der Waals surface area contributed by atoms with Gasteiger partial charge in [-0.25, -0.2) is 0 Å². The summed E-state index contributed by atoms with van der Waals surface area (Å²) in [5, 5.41) is 3.80. The van der Waals surface area contributed by atoms with E-state index in [1.165, 1.54) is 51.6 Å². The van der Waals surface area contributed by atoms with Gasteiger partial charge >= 0.3 is 0 Å². The first-order valence-electron chi connectivity index (χ1n) is 8.55. The fourth-order valence-electron chi connectivity index (χ4n) is 3.39. The Hall–Kier alpha value is -0.0800. The smallest absolute Gasteiger partial charge is 0.0108 e. The van der Waals surface area contributed by atoms with Gasteiger partial charge in [0.05, 0.1) is 0 Å². The molecule has 19 heavy (non-hydrogen) atoms. The van der Waals surface area contributed by atoms with Crippen LogP contribution in [0.15, 0.2) is 0 Å². The molecule has 0 bridgehead atoms. The van der Waals surface area contributed by atoms with E-state index in [2.05, 4.69) is 45.0 Å². The molecule has 4 unspecified atom stereocenters. The molecule has 2 heteroatoms. The second kappa shape index (κ2) is 8.97. The molecule has 0 heterocycles.